The van der Waals surface area contributed by atoms with E-state index in [0.717, 1.165) is 87.5 Å². The molecule has 5 heterocycles. The number of sulfonamides is 1. The first-order chi connectivity index (χ1) is 21.1. The van der Waals surface area contributed by atoms with Crippen molar-refractivity contribution in [3.05, 3.63) is 46.6 Å². The Hall–Kier alpha value is -3.13. The Morgan fingerprint density at radius 2 is 1.91 bits per heavy atom. The molecule has 12 nitrogen and oxygen atoms in total. The van der Waals surface area contributed by atoms with Gasteiger partial charge in [0, 0.05) is 61.3 Å². The number of piperidine rings is 1. The number of nitrogens with one attached hydrogen (secondary N) is 1. The Morgan fingerprint density at radius 3 is 2.64 bits per heavy atom. The fourth-order valence-corrected chi connectivity index (χ4v) is 8.57. The second-order valence-electron chi connectivity index (χ2n) is 13.2. The predicted molar refractivity (Wildman–Crippen MR) is 168 cm³/mol. The van der Waals surface area contributed by atoms with Gasteiger partial charge in [-0.3, -0.25) is 9.52 Å². The lowest BCUT2D eigenvalue weighted by Gasteiger charge is -2.36. The smallest absolute Gasteiger partial charge is 0.256 e. The second kappa shape index (κ2) is 9.93. The number of amides is 1. The largest absolute Gasteiger partial charge is 0.378 e. The molecule has 2 saturated carbocycles. The van der Waals surface area contributed by atoms with E-state index in [-0.39, 0.29) is 34.5 Å². The van der Waals surface area contributed by atoms with Crippen LogP contribution >= 0.6 is 11.6 Å². The van der Waals surface area contributed by atoms with Crippen LogP contribution in [-0.4, -0.2) is 92.1 Å². The van der Waals surface area contributed by atoms with E-state index in [1.165, 1.54) is 0 Å². The quantitative estimate of drug-likeness (QED) is 0.416. The number of anilines is 3. The summed E-state index contributed by atoms with van der Waals surface area (Å²) in [6.07, 6.45) is 5.87. The molecular formula is C30H37ClN8O4S. The second-order valence-corrected chi connectivity index (χ2v) is 15.4. The molecular weight excluding hydrogens is 604 g/mol. The Kier molecular flexibility index (Phi) is 6.40. The van der Waals surface area contributed by atoms with Crippen molar-refractivity contribution in [3.8, 4) is 0 Å². The number of carbonyl (C=O) groups is 1. The maximum Gasteiger partial charge on any atom is 0.256 e. The number of hydrogen-bond donors (Lipinski definition) is 2. The zero-order valence-corrected chi connectivity index (χ0v) is 26.3. The number of hydrogen-bond acceptors (Lipinski definition) is 9. The maximum absolute atomic E-state index is 14.3. The minimum absolute atomic E-state index is 0.215. The van der Waals surface area contributed by atoms with Crippen molar-refractivity contribution >= 4 is 50.5 Å². The van der Waals surface area contributed by atoms with Crippen molar-refractivity contribution in [1.82, 2.24) is 19.5 Å². The van der Waals surface area contributed by atoms with Gasteiger partial charge in [-0.1, -0.05) is 11.6 Å². The summed E-state index contributed by atoms with van der Waals surface area (Å²) in [6.45, 7) is 5.19. The molecule has 2 aliphatic carbocycles. The molecule has 1 amide bonds. The molecule has 3 saturated heterocycles. The van der Waals surface area contributed by atoms with E-state index in [9.17, 15) is 13.2 Å². The molecule has 3 N–H and O–H groups in total. The van der Waals surface area contributed by atoms with Crippen molar-refractivity contribution in [2.24, 2.45) is 17.1 Å². The third-order valence-corrected chi connectivity index (χ3v) is 11.2. The molecule has 5 aliphatic rings. The van der Waals surface area contributed by atoms with Gasteiger partial charge in [0.25, 0.3) is 5.91 Å². The molecule has 1 spiro atoms. The standard InChI is InChI=1S/C30H37ClN8O4S/c1-44(41,42)35-22-5-4-20(31)13-21(22)28(40)38-7-2-3-19-16-30(19,38)24-14-26-33-25(37-8-6-29(18-37)17-23(29)32)15-27(39(26)34-24)36-9-11-43-12-10-36/h4-5,13-15,19,23,35H,2-3,6-12,16-18,32H2,1H3/t19-,23-,29?,30?/m0/s1. The lowest BCUT2D eigenvalue weighted by molar-refractivity contribution is 0.0560. The summed E-state index contributed by atoms with van der Waals surface area (Å²) in [6, 6.07) is 9.11. The zero-order chi connectivity index (χ0) is 30.4. The van der Waals surface area contributed by atoms with Gasteiger partial charge in [-0.05, 0) is 56.2 Å². The summed E-state index contributed by atoms with van der Waals surface area (Å²) in [4.78, 5) is 25.9. The molecule has 0 radical (unpaired) electrons. The molecule has 4 atom stereocenters. The first-order valence-electron chi connectivity index (χ1n) is 15.4. The Morgan fingerprint density at radius 1 is 1.11 bits per heavy atom. The average molecular weight is 641 g/mol. The zero-order valence-electron chi connectivity index (χ0n) is 24.7. The number of carbonyl (C=O) groups excluding carboxylic acids is 1. The number of benzene rings is 1. The molecule has 1 aromatic carbocycles. The van der Waals surface area contributed by atoms with Crippen molar-refractivity contribution in [1.29, 1.82) is 0 Å². The number of nitrogens with two attached hydrogens (primary N) is 1. The highest BCUT2D eigenvalue weighted by atomic mass is 35.5. The monoisotopic (exact) mass is 640 g/mol. The first kappa shape index (κ1) is 28.4. The van der Waals surface area contributed by atoms with Crippen LogP contribution in [0.3, 0.4) is 0 Å². The molecule has 3 aliphatic heterocycles. The number of halogens is 1. The molecule has 2 unspecified atom stereocenters. The first-order valence-corrected chi connectivity index (χ1v) is 17.7. The number of aromatic nitrogens is 3. The average Bonchev–Trinajstić information content (AvgIpc) is 3.73. The number of ether oxygens (including phenoxy) is 1. The highest BCUT2D eigenvalue weighted by molar-refractivity contribution is 7.92. The number of fused-ring (bicyclic) bond motifs is 2. The van der Waals surface area contributed by atoms with E-state index in [2.05, 4.69) is 20.6 Å². The van der Waals surface area contributed by atoms with Gasteiger partial charge in [-0.2, -0.15) is 9.61 Å². The number of morpholine rings is 1. The molecule has 5 fully saturated rings. The minimum Gasteiger partial charge on any atom is -0.378 e. The van der Waals surface area contributed by atoms with E-state index in [0.29, 0.717) is 24.8 Å². The molecule has 2 aromatic heterocycles. The minimum atomic E-state index is -3.61. The SMILES string of the molecule is CS(=O)(=O)Nc1ccc(Cl)cc1C(=O)N1CCC[C@H]2CC21c1cc2nc(N3CCC4(C[C@@H]4N)C3)cc(N3CCOCC3)n2n1. The lowest BCUT2D eigenvalue weighted by atomic mass is 9.97. The highest BCUT2D eigenvalue weighted by Crippen LogP contribution is 2.61. The van der Waals surface area contributed by atoms with Gasteiger partial charge in [0.05, 0.1) is 42.0 Å². The van der Waals surface area contributed by atoms with Crippen LogP contribution in [0.4, 0.5) is 17.3 Å². The number of likely N-dealkylation sites (tertiary alicyclic amines) is 1. The van der Waals surface area contributed by atoms with Gasteiger partial charge in [0.2, 0.25) is 10.0 Å². The third-order valence-electron chi connectivity index (χ3n) is 10.4. The van der Waals surface area contributed by atoms with Crippen molar-refractivity contribution in [3.63, 3.8) is 0 Å². The van der Waals surface area contributed by atoms with Crippen LogP contribution in [-0.2, 0) is 20.3 Å². The summed E-state index contributed by atoms with van der Waals surface area (Å²) in [7, 11) is -3.61. The summed E-state index contributed by atoms with van der Waals surface area (Å²) in [5, 5.41) is 5.54. The van der Waals surface area contributed by atoms with E-state index < -0.39 is 15.6 Å². The molecule has 3 aromatic rings. The van der Waals surface area contributed by atoms with Crippen LogP contribution in [0.25, 0.3) is 5.65 Å². The van der Waals surface area contributed by atoms with Crippen molar-refractivity contribution in [2.45, 2.75) is 43.7 Å². The maximum atomic E-state index is 14.3. The molecule has 14 heteroatoms. The Labute approximate surface area is 261 Å². The Bertz CT molecular complexity index is 1780. The molecule has 8 rings (SSSR count). The molecule has 234 valence electrons. The van der Waals surface area contributed by atoms with Gasteiger partial charge in [0.1, 0.15) is 11.6 Å². The fourth-order valence-electron chi connectivity index (χ4n) is 7.82. The van der Waals surface area contributed by atoms with Gasteiger partial charge >= 0.3 is 0 Å². The van der Waals surface area contributed by atoms with E-state index >= 15 is 0 Å². The van der Waals surface area contributed by atoms with Crippen molar-refractivity contribution in [2.75, 3.05) is 66.7 Å². The van der Waals surface area contributed by atoms with Gasteiger partial charge in [-0.15, -0.1) is 0 Å². The van der Waals surface area contributed by atoms with Crippen LogP contribution in [0.5, 0.6) is 0 Å². The number of nitrogens with zero attached hydrogens (tertiary/aromatic N) is 6. The van der Waals surface area contributed by atoms with Crippen LogP contribution in [0.2, 0.25) is 5.02 Å². The molecule has 44 heavy (non-hydrogen) atoms. The van der Waals surface area contributed by atoms with E-state index in [4.69, 9.17) is 32.2 Å². The van der Waals surface area contributed by atoms with E-state index in [1.807, 2.05) is 15.5 Å². The Balaban J connectivity index is 1.20. The van der Waals surface area contributed by atoms with Crippen LogP contribution in [0.15, 0.2) is 30.3 Å². The fraction of sp³-hybridized carbons (Fsp3) is 0.567. The van der Waals surface area contributed by atoms with Crippen LogP contribution in [0.1, 0.15) is 48.2 Å². The third kappa shape index (κ3) is 4.62. The topological polar surface area (TPSA) is 138 Å². The summed E-state index contributed by atoms with van der Waals surface area (Å²) in [5.41, 5.74) is 7.96. The summed E-state index contributed by atoms with van der Waals surface area (Å²) < 4.78 is 34.3. The molecule has 0 bridgehead atoms. The van der Waals surface area contributed by atoms with Gasteiger partial charge < -0.3 is 25.2 Å². The van der Waals surface area contributed by atoms with Gasteiger partial charge in [0.15, 0.2) is 5.65 Å². The lowest BCUT2D eigenvalue weighted by Crippen LogP contribution is -2.45. The van der Waals surface area contributed by atoms with E-state index in [1.54, 1.807) is 18.2 Å². The normalized spacial score (nSPS) is 29.8. The van der Waals surface area contributed by atoms with Crippen molar-refractivity contribution < 1.29 is 17.9 Å². The van der Waals surface area contributed by atoms with Crippen LogP contribution < -0.4 is 20.3 Å². The summed E-state index contributed by atoms with van der Waals surface area (Å²) >= 11 is 6.32. The predicted octanol–water partition coefficient (Wildman–Crippen LogP) is 2.67. The summed E-state index contributed by atoms with van der Waals surface area (Å²) in [5.74, 6) is 1.90. The van der Waals surface area contributed by atoms with Gasteiger partial charge in [-0.25, -0.2) is 13.4 Å². The highest BCUT2D eigenvalue weighted by Gasteiger charge is 2.64. The van der Waals surface area contributed by atoms with Crippen LogP contribution in [0, 0.1) is 11.3 Å². The number of rotatable bonds is 6.